The molecule has 1 saturated carbocycles. The van der Waals surface area contributed by atoms with Gasteiger partial charge in [-0.15, -0.1) is 0 Å². The summed E-state index contributed by atoms with van der Waals surface area (Å²) in [6, 6.07) is 8.08. The minimum absolute atomic E-state index is 0.0815. The third-order valence-corrected chi connectivity index (χ3v) is 3.89. The van der Waals surface area contributed by atoms with Gasteiger partial charge in [-0.1, -0.05) is 6.07 Å². The predicted octanol–water partition coefficient (Wildman–Crippen LogP) is 3.58. The molecule has 0 aromatic heterocycles. The van der Waals surface area contributed by atoms with Gasteiger partial charge in [0.1, 0.15) is 11.6 Å². The third-order valence-electron chi connectivity index (χ3n) is 3.89. The normalized spacial score (nSPS) is 13.7. The molecule has 1 N–H and O–H groups in total. The SMILES string of the molecule is COC(=O)c1ccc(-c2cc(O)ccc2F)c(C(=O)C2CC2)c1. The molecular weight excluding hydrogens is 299 g/mol. The Bertz CT molecular complexity index is 794. The van der Waals surface area contributed by atoms with Crippen molar-refractivity contribution in [3.63, 3.8) is 0 Å². The number of Topliss-reactive ketones (excluding diaryl/α,β-unsaturated/α-hetero) is 1. The number of carbonyl (C=O) groups is 2. The van der Waals surface area contributed by atoms with Gasteiger partial charge in [0.25, 0.3) is 0 Å². The molecule has 0 heterocycles. The van der Waals surface area contributed by atoms with Gasteiger partial charge >= 0.3 is 5.97 Å². The number of halogens is 1. The Kier molecular flexibility index (Phi) is 3.86. The number of ketones is 1. The number of phenolic OH excluding ortho intramolecular Hbond substituents is 1. The summed E-state index contributed by atoms with van der Waals surface area (Å²) in [5, 5.41) is 9.61. The maximum atomic E-state index is 14.1. The van der Waals surface area contributed by atoms with Crippen LogP contribution in [0.5, 0.6) is 5.75 Å². The van der Waals surface area contributed by atoms with E-state index in [4.69, 9.17) is 0 Å². The van der Waals surface area contributed by atoms with Gasteiger partial charge in [-0.05, 0) is 48.7 Å². The summed E-state index contributed by atoms with van der Waals surface area (Å²) in [5.41, 5.74) is 1.01. The average Bonchev–Trinajstić information content (AvgIpc) is 3.40. The molecule has 118 valence electrons. The first-order chi connectivity index (χ1) is 11.0. The number of benzene rings is 2. The molecule has 5 heteroatoms. The largest absolute Gasteiger partial charge is 0.508 e. The average molecular weight is 314 g/mol. The van der Waals surface area contributed by atoms with E-state index < -0.39 is 11.8 Å². The van der Waals surface area contributed by atoms with Crippen LogP contribution in [0, 0.1) is 11.7 Å². The molecule has 0 amide bonds. The Labute approximate surface area is 132 Å². The first-order valence-corrected chi connectivity index (χ1v) is 7.26. The molecule has 0 radical (unpaired) electrons. The summed E-state index contributed by atoms with van der Waals surface area (Å²) in [6.45, 7) is 0. The monoisotopic (exact) mass is 314 g/mol. The van der Waals surface area contributed by atoms with Crippen LogP contribution in [-0.4, -0.2) is 24.0 Å². The van der Waals surface area contributed by atoms with Crippen LogP contribution < -0.4 is 0 Å². The quantitative estimate of drug-likeness (QED) is 0.692. The highest BCUT2D eigenvalue weighted by Crippen LogP contribution is 2.37. The molecule has 4 nitrogen and oxygen atoms in total. The fraction of sp³-hybridized carbons (Fsp3) is 0.222. The number of hydrogen-bond donors (Lipinski definition) is 1. The van der Waals surface area contributed by atoms with Gasteiger partial charge in [0.05, 0.1) is 12.7 Å². The van der Waals surface area contributed by atoms with Crippen molar-refractivity contribution >= 4 is 11.8 Å². The smallest absolute Gasteiger partial charge is 0.337 e. The molecule has 0 bridgehead atoms. The van der Waals surface area contributed by atoms with E-state index in [0.29, 0.717) is 5.56 Å². The lowest BCUT2D eigenvalue weighted by atomic mass is 9.93. The highest BCUT2D eigenvalue weighted by atomic mass is 19.1. The van der Waals surface area contributed by atoms with Crippen molar-refractivity contribution in [3.8, 4) is 16.9 Å². The zero-order valence-electron chi connectivity index (χ0n) is 12.5. The number of methoxy groups -OCH3 is 1. The Morgan fingerprint density at radius 2 is 1.87 bits per heavy atom. The van der Waals surface area contributed by atoms with E-state index in [1.54, 1.807) is 0 Å². The zero-order valence-corrected chi connectivity index (χ0v) is 12.5. The van der Waals surface area contributed by atoms with Gasteiger partial charge < -0.3 is 9.84 Å². The minimum Gasteiger partial charge on any atom is -0.508 e. The van der Waals surface area contributed by atoms with E-state index in [9.17, 15) is 19.1 Å². The van der Waals surface area contributed by atoms with E-state index in [2.05, 4.69) is 4.74 Å². The zero-order chi connectivity index (χ0) is 16.6. The van der Waals surface area contributed by atoms with Gasteiger partial charge in [0.2, 0.25) is 0 Å². The van der Waals surface area contributed by atoms with Crippen LogP contribution in [0.4, 0.5) is 4.39 Å². The molecule has 0 saturated heterocycles. The third kappa shape index (κ3) is 2.95. The molecule has 1 aliphatic carbocycles. The summed E-state index contributed by atoms with van der Waals surface area (Å²) >= 11 is 0. The van der Waals surface area contributed by atoms with Gasteiger partial charge in [-0.3, -0.25) is 4.79 Å². The molecule has 1 aliphatic rings. The van der Waals surface area contributed by atoms with Crippen LogP contribution >= 0.6 is 0 Å². The van der Waals surface area contributed by atoms with Crippen molar-refractivity contribution in [1.29, 1.82) is 0 Å². The van der Waals surface area contributed by atoms with Gasteiger partial charge in [0, 0.05) is 17.0 Å². The standard InChI is InChI=1S/C18H15FO4/c1-23-18(22)11-4-6-13(14-9-12(20)5-7-16(14)19)15(8-11)17(21)10-2-3-10/h4-10,20H,2-3H2,1H3. The van der Waals surface area contributed by atoms with Gasteiger partial charge in [-0.2, -0.15) is 0 Å². The Morgan fingerprint density at radius 1 is 1.13 bits per heavy atom. The van der Waals surface area contributed by atoms with Gasteiger partial charge in [-0.25, -0.2) is 9.18 Å². The lowest BCUT2D eigenvalue weighted by Crippen LogP contribution is -2.08. The van der Waals surface area contributed by atoms with E-state index in [-0.39, 0.29) is 34.1 Å². The summed E-state index contributed by atoms with van der Waals surface area (Å²) in [4.78, 5) is 24.2. The summed E-state index contributed by atoms with van der Waals surface area (Å²) < 4.78 is 18.8. The van der Waals surface area contributed by atoms with Crippen molar-refractivity contribution < 1.29 is 23.8 Å². The first kappa shape index (κ1) is 15.2. The predicted molar refractivity (Wildman–Crippen MR) is 81.9 cm³/mol. The Balaban J connectivity index is 2.17. The Morgan fingerprint density at radius 3 is 2.52 bits per heavy atom. The van der Waals surface area contributed by atoms with Crippen LogP contribution in [0.25, 0.3) is 11.1 Å². The highest BCUT2D eigenvalue weighted by Gasteiger charge is 2.32. The second-order valence-corrected chi connectivity index (χ2v) is 5.55. The van der Waals surface area contributed by atoms with E-state index in [0.717, 1.165) is 18.9 Å². The molecule has 0 unspecified atom stereocenters. The first-order valence-electron chi connectivity index (χ1n) is 7.26. The number of ether oxygens (including phenoxy) is 1. The number of esters is 1. The number of aromatic hydroxyl groups is 1. The van der Waals surface area contributed by atoms with E-state index in [1.165, 1.54) is 37.4 Å². The summed E-state index contributed by atoms with van der Waals surface area (Å²) in [6.07, 6.45) is 1.59. The number of phenols is 1. The molecule has 0 aliphatic heterocycles. The van der Waals surface area contributed by atoms with Crippen molar-refractivity contribution in [2.75, 3.05) is 7.11 Å². The highest BCUT2D eigenvalue weighted by molar-refractivity contribution is 6.06. The second-order valence-electron chi connectivity index (χ2n) is 5.55. The van der Waals surface area contributed by atoms with Gasteiger partial charge in [0.15, 0.2) is 5.78 Å². The molecule has 3 rings (SSSR count). The lowest BCUT2D eigenvalue weighted by molar-refractivity contribution is 0.0600. The van der Waals surface area contributed by atoms with Crippen LogP contribution in [0.15, 0.2) is 36.4 Å². The van der Waals surface area contributed by atoms with E-state index >= 15 is 0 Å². The van der Waals surface area contributed by atoms with E-state index in [1.807, 2.05) is 0 Å². The molecule has 2 aromatic rings. The summed E-state index contributed by atoms with van der Waals surface area (Å²) in [7, 11) is 1.26. The summed E-state index contributed by atoms with van der Waals surface area (Å²) in [5.74, 6) is -1.39. The molecule has 1 fully saturated rings. The molecule has 0 spiro atoms. The fourth-order valence-electron chi connectivity index (χ4n) is 2.51. The maximum absolute atomic E-state index is 14.1. The molecule has 2 aromatic carbocycles. The topological polar surface area (TPSA) is 63.6 Å². The number of rotatable bonds is 4. The minimum atomic E-state index is -0.558. The van der Waals surface area contributed by atoms with Crippen LogP contribution in [0.2, 0.25) is 0 Å². The lowest BCUT2D eigenvalue weighted by Gasteiger charge is -2.12. The van der Waals surface area contributed by atoms with Crippen LogP contribution in [0.1, 0.15) is 33.6 Å². The molecular formula is C18H15FO4. The van der Waals surface area contributed by atoms with Crippen molar-refractivity contribution in [2.45, 2.75) is 12.8 Å². The van der Waals surface area contributed by atoms with Crippen LogP contribution in [0.3, 0.4) is 0 Å². The maximum Gasteiger partial charge on any atom is 0.337 e. The second kappa shape index (κ2) is 5.83. The van der Waals surface area contributed by atoms with Crippen molar-refractivity contribution in [2.24, 2.45) is 5.92 Å². The van der Waals surface area contributed by atoms with Crippen molar-refractivity contribution in [3.05, 3.63) is 53.3 Å². The Hall–Kier alpha value is -2.69. The number of carbonyl (C=O) groups excluding carboxylic acids is 2. The molecule has 0 atom stereocenters. The number of hydrogen-bond acceptors (Lipinski definition) is 4. The van der Waals surface area contributed by atoms with Crippen molar-refractivity contribution in [1.82, 2.24) is 0 Å². The van der Waals surface area contributed by atoms with Crippen LogP contribution in [-0.2, 0) is 4.74 Å². The molecule has 23 heavy (non-hydrogen) atoms. The fourth-order valence-corrected chi connectivity index (χ4v) is 2.51.